The molecule has 0 spiro atoms. The number of alkyl carbamates (subject to hydrolysis) is 1. The van der Waals surface area contributed by atoms with Crippen LogP contribution in [-0.4, -0.2) is 53.4 Å². The third-order valence-electron chi connectivity index (χ3n) is 5.04. The maximum atomic E-state index is 13.7. The minimum absolute atomic E-state index is 0.00498. The molecule has 1 rings (SSSR count). The van der Waals surface area contributed by atoms with Gasteiger partial charge in [0.25, 0.3) is 0 Å². The summed E-state index contributed by atoms with van der Waals surface area (Å²) in [7, 11) is 0. The topological polar surface area (TPSA) is 131 Å². The van der Waals surface area contributed by atoms with E-state index in [1.165, 1.54) is 11.0 Å². The Hall–Kier alpha value is -3.36. The van der Waals surface area contributed by atoms with Crippen molar-refractivity contribution in [1.29, 1.82) is 0 Å². The van der Waals surface area contributed by atoms with Crippen LogP contribution in [0.25, 0.3) is 0 Å². The number of ether oxygens (including phenoxy) is 1. The fourth-order valence-corrected chi connectivity index (χ4v) is 3.42. The summed E-state index contributed by atoms with van der Waals surface area (Å²) in [5.74, 6) is -1.80. The molecule has 0 bridgehead atoms. The van der Waals surface area contributed by atoms with Gasteiger partial charge in [-0.3, -0.25) is 14.4 Å². The van der Waals surface area contributed by atoms with Crippen LogP contribution in [0.15, 0.2) is 36.9 Å². The van der Waals surface area contributed by atoms with Crippen LogP contribution >= 0.6 is 0 Å². The summed E-state index contributed by atoms with van der Waals surface area (Å²) >= 11 is 0. The molecule has 194 valence electrons. The molecule has 0 saturated heterocycles. The van der Waals surface area contributed by atoms with E-state index in [2.05, 4.69) is 24.1 Å². The van der Waals surface area contributed by atoms with Crippen molar-refractivity contribution < 1.29 is 23.9 Å². The third kappa shape index (κ3) is 10.6. The Morgan fingerprint density at radius 3 is 2.29 bits per heavy atom. The molecule has 0 aliphatic rings. The van der Waals surface area contributed by atoms with Gasteiger partial charge in [-0.1, -0.05) is 55.7 Å². The smallest absolute Gasteiger partial charge is 0.408 e. The van der Waals surface area contributed by atoms with Gasteiger partial charge in [-0.05, 0) is 39.7 Å². The third-order valence-corrected chi connectivity index (χ3v) is 5.04. The first-order valence-electron chi connectivity index (χ1n) is 11.9. The van der Waals surface area contributed by atoms with Crippen molar-refractivity contribution in [1.82, 2.24) is 15.5 Å². The first-order chi connectivity index (χ1) is 16.4. The van der Waals surface area contributed by atoms with E-state index < -0.39 is 42.0 Å². The number of amides is 4. The fourth-order valence-electron chi connectivity index (χ4n) is 3.42. The number of carbonyl (C=O) groups excluding carboxylic acids is 4. The Balaban J connectivity index is 3.34. The summed E-state index contributed by atoms with van der Waals surface area (Å²) in [5.41, 5.74) is 6.14. The number of unbranched alkanes of at least 4 members (excludes halogenated alkanes) is 2. The predicted molar refractivity (Wildman–Crippen MR) is 135 cm³/mol. The van der Waals surface area contributed by atoms with E-state index in [1.807, 2.05) is 19.1 Å². The van der Waals surface area contributed by atoms with E-state index in [4.69, 9.17) is 10.5 Å². The normalized spacial score (nSPS) is 12.7. The predicted octanol–water partition coefficient (Wildman–Crippen LogP) is 3.13. The van der Waals surface area contributed by atoms with Gasteiger partial charge in [0.05, 0.1) is 6.42 Å². The van der Waals surface area contributed by atoms with Crippen LogP contribution in [0.2, 0.25) is 0 Å². The zero-order valence-electron chi connectivity index (χ0n) is 21.6. The maximum Gasteiger partial charge on any atom is 0.408 e. The van der Waals surface area contributed by atoms with E-state index in [9.17, 15) is 19.2 Å². The highest BCUT2D eigenvalue weighted by atomic mass is 16.6. The minimum Gasteiger partial charge on any atom is -0.444 e. The summed E-state index contributed by atoms with van der Waals surface area (Å²) in [6.07, 6.45) is 2.94. The molecule has 0 heterocycles. The zero-order chi connectivity index (χ0) is 26.6. The lowest BCUT2D eigenvalue weighted by Crippen LogP contribution is -2.54. The van der Waals surface area contributed by atoms with Gasteiger partial charge in [-0.25, -0.2) is 4.79 Å². The highest BCUT2D eigenvalue weighted by Gasteiger charge is 2.36. The Morgan fingerprint density at radius 2 is 1.77 bits per heavy atom. The molecule has 4 amide bonds. The molecule has 0 aliphatic heterocycles. The number of nitrogens with zero attached hydrogens (tertiary/aromatic N) is 1. The zero-order valence-corrected chi connectivity index (χ0v) is 21.6. The quantitative estimate of drug-likeness (QED) is 0.290. The molecule has 2 unspecified atom stereocenters. The highest BCUT2D eigenvalue weighted by molar-refractivity contribution is 5.94. The van der Waals surface area contributed by atoms with E-state index in [-0.39, 0.29) is 12.5 Å². The average Bonchev–Trinajstić information content (AvgIpc) is 2.75. The number of nitrogens with two attached hydrogens (primary N) is 1. The number of aryl methyl sites for hydroxylation is 1. The monoisotopic (exact) mass is 488 g/mol. The molecule has 0 fully saturated rings. The van der Waals surface area contributed by atoms with Crippen LogP contribution < -0.4 is 16.4 Å². The number of carbonyl (C=O) groups is 4. The molecular formula is C26H40N4O5. The van der Waals surface area contributed by atoms with Crippen molar-refractivity contribution in [3.8, 4) is 0 Å². The van der Waals surface area contributed by atoms with Gasteiger partial charge in [0.1, 0.15) is 17.7 Å². The number of benzene rings is 1. The van der Waals surface area contributed by atoms with Crippen LogP contribution in [0.1, 0.15) is 70.5 Å². The van der Waals surface area contributed by atoms with Crippen LogP contribution in [0.4, 0.5) is 4.79 Å². The van der Waals surface area contributed by atoms with Crippen molar-refractivity contribution in [2.75, 3.05) is 13.1 Å². The number of primary amides is 1. The van der Waals surface area contributed by atoms with Crippen LogP contribution in [-0.2, 0) is 19.1 Å². The summed E-state index contributed by atoms with van der Waals surface area (Å²) < 4.78 is 5.25. The van der Waals surface area contributed by atoms with Crippen LogP contribution in [0.5, 0.6) is 0 Å². The van der Waals surface area contributed by atoms with Crippen LogP contribution in [0.3, 0.4) is 0 Å². The lowest BCUT2D eigenvalue weighted by Gasteiger charge is -2.33. The Labute approximate surface area is 208 Å². The second-order valence-electron chi connectivity index (χ2n) is 9.46. The molecular weight excluding hydrogens is 448 g/mol. The SMILES string of the molecule is C=CCN(C(=O)C(CC(N)=O)NC(=O)OC(C)(C)C)C(C(=O)NCCCCC)c1ccc(C)cc1. The molecule has 35 heavy (non-hydrogen) atoms. The Kier molecular flexibility index (Phi) is 12.0. The van der Waals surface area contributed by atoms with E-state index in [0.29, 0.717) is 12.1 Å². The van der Waals surface area contributed by atoms with E-state index >= 15 is 0 Å². The molecule has 2 atom stereocenters. The molecule has 0 aliphatic carbocycles. The summed E-state index contributed by atoms with van der Waals surface area (Å²) in [4.78, 5) is 52.4. The van der Waals surface area contributed by atoms with Crippen molar-refractivity contribution in [2.24, 2.45) is 5.73 Å². The first kappa shape index (κ1) is 29.7. The average molecular weight is 489 g/mol. The van der Waals surface area contributed by atoms with Crippen molar-refractivity contribution in [3.05, 3.63) is 48.0 Å². The van der Waals surface area contributed by atoms with Gasteiger partial charge in [0, 0.05) is 13.1 Å². The molecule has 9 heteroatoms. The first-order valence-corrected chi connectivity index (χ1v) is 11.9. The molecule has 0 radical (unpaired) electrons. The van der Waals surface area contributed by atoms with Gasteiger partial charge < -0.3 is 26.0 Å². The molecule has 4 N–H and O–H groups in total. The molecule has 0 saturated carbocycles. The van der Waals surface area contributed by atoms with Gasteiger partial charge in [0.2, 0.25) is 17.7 Å². The van der Waals surface area contributed by atoms with Gasteiger partial charge >= 0.3 is 6.09 Å². The van der Waals surface area contributed by atoms with E-state index in [0.717, 1.165) is 24.8 Å². The highest BCUT2D eigenvalue weighted by Crippen LogP contribution is 2.24. The van der Waals surface area contributed by atoms with Crippen LogP contribution in [0, 0.1) is 6.92 Å². The lowest BCUT2D eigenvalue weighted by atomic mass is 10.0. The second-order valence-corrected chi connectivity index (χ2v) is 9.46. The minimum atomic E-state index is -1.32. The van der Waals surface area contributed by atoms with Gasteiger partial charge in [-0.2, -0.15) is 0 Å². The van der Waals surface area contributed by atoms with Crippen molar-refractivity contribution >= 4 is 23.8 Å². The Bertz CT molecular complexity index is 877. The number of nitrogens with one attached hydrogen (secondary N) is 2. The van der Waals surface area contributed by atoms with E-state index in [1.54, 1.807) is 32.9 Å². The largest absolute Gasteiger partial charge is 0.444 e. The summed E-state index contributed by atoms with van der Waals surface area (Å²) in [6, 6.07) is 4.94. The van der Waals surface area contributed by atoms with Crippen molar-refractivity contribution in [2.45, 2.75) is 78.0 Å². The lowest BCUT2D eigenvalue weighted by molar-refractivity contribution is -0.142. The standard InChI is InChI=1S/C26H40N4O5/c1-7-9-10-15-28-23(32)22(19-13-11-18(3)12-14-19)30(16-8-2)24(33)20(17-21(27)31)29-25(34)35-26(4,5)6/h8,11-14,20,22H,2,7,9-10,15-17H2,1,3-6H3,(H2,27,31)(H,28,32)(H,29,34). The second kappa shape index (κ2) is 14.1. The number of hydrogen-bond acceptors (Lipinski definition) is 5. The fraction of sp³-hybridized carbons (Fsp3) is 0.538. The Morgan fingerprint density at radius 1 is 1.14 bits per heavy atom. The van der Waals surface area contributed by atoms with Gasteiger partial charge in [0.15, 0.2) is 0 Å². The van der Waals surface area contributed by atoms with Gasteiger partial charge in [-0.15, -0.1) is 6.58 Å². The molecule has 1 aromatic carbocycles. The summed E-state index contributed by atoms with van der Waals surface area (Å²) in [5, 5.41) is 5.34. The molecule has 1 aromatic rings. The maximum absolute atomic E-state index is 13.7. The summed E-state index contributed by atoms with van der Waals surface area (Å²) in [6.45, 7) is 13.2. The van der Waals surface area contributed by atoms with Crippen molar-refractivity contribution in [3.63, 3.8) is 0 Å². The molecule has 0 aromatic heterocycles. The number of hydrogen-bond donors (Lipinski definition) is 3. The molecule has 9 nitrogen and oxygen atoms in total. The number of rotatable bonds is 13.